The molecule has 1 aromatic carbocycles. The number of nitrogens with one attached hydrogen (secondary N) is 1. The largest absolute Gasteiger partial charge is 0.313 e. The third-order valence-corrected chi connectivity index (χ3v) is 4.42. The number of aryl methyl sites for hydroxylation is 2. The van der Waals surface area contributed by atoms with Crippen molar-refractivity contribution in [2.75, 3.05) is 7.05 Å². The second kappa shape index (κ2) is 6.67. The van der Waals surface area contributed by atoms with Gasteiger partial charge in [0.15, 0.2) is 0 Å². The Labute approximate surface area is 132 Å². The highest BCUT2D eigenvalue weighted by molar-refractivity contribution is 14.1. The summed E-state index contributed by atoms with van der Waals surface area (Å²) in [6.07, 6.45) is 1.77. The number of aromatic nitrogens is 2. The molecule has 3 nitrogen and oxygen atoms in total. The van der Waals surface area contributed by atoms with Crippen molar-refractivity contribution in [1.29, 1.82) is 0 Å². The number of halogens is 2. The Morgan fingerprint density at radius 2 is 2.15 bits per heavy atom. The van der Waals surface area contributed by atoms with E-state index >= 15 is 0 Å². The van der Waals surface area contributed by atoms with Crippen molar-refractivity contribution in [1.82, 2.24) is 15.1 Å². The van der Waals surface area contributed by atoms with Gasteiger partial charge in [-0.3, -0.25) is 4.68 Å². The number of hydrogen-bond acceptors (Lipinski definition) is 2. The molecule has 0 saturated carbocycles. The lowest BCUT2D eigenvalue weighted by atomic mass is 10.0. The van der Waals surface area contributed by atoms with Crippen LogP contribution in [0.3, 0.4) is 0 Å². The smallest absolute Gasteiger partial charge is 0.124 e. The first kappa shape index (κ1) is 15.4. The van der Waals surface area contributed by atoms with Gasteiger partial charge in [0, 0.05) is 28.8 Å². The molecule has 108 valence electrons. The molecule has 0 spiro atoms. The van der Waals surface area contributed by atoms with E-state index in [2.05, 4.69) is 46.0 Å². The van der Waals surface area contributed by atoms with Crippen molar-refractivity contribution in [3.63, 3.8) is 0 Å². The van der Waals surface area contributed by atoms with Gasteiger partial charge in [-0.25, -0.2) is 4.39 Å². The van der Waals surface area contributed by atoms with Gasteiger partial charge in [0.25, 0.3) is 0 Å². The third-order valence-electron chi connectivity index (χ3n) is 3.49. The molecule has 0 bridgehead atoms. The molecule has 0 aliphatic carbocycles. The predicted molar refractivity (Wildman–Crippen MR) is 87.2 cm³/mol. The summed E-state index contributed by atoms with van der Waals surface area (Å²) in [5.41, 5.74) is 3.40. The summed E-state index contributed by atoms with van der Waals surface area (Å²) >= 11 is 2.19. The molecule has 2 aromatic rings. The van der Waals surface area contributed by atoms with E-state index in [1.165, 1.54) is 11.8 Å². The first-order valence-electron chi connectivity index (χ1n) is 6.69. The summed E-state index contributed by atoms with van der Waals surface area (Å²) in [5.74, 6) is -0.193. The Morgan fingerprint density at radius 3 is 2.70 bits per heavy atom. The summed E-state index contributed by atoms with van der Waals surface area (Å²) in [4.78, 5) is 0. The molecule has 1 N–H and O–H groups in total. The van der Waals surface area contributed by atoms with Crippen LogP contribution in [-0.4, -0.2) is 16.8 Å². The number of nitrogens with zero attached hydrogens (tertiary/aromatic N) is 2. The number of likely N-dealkylation sites (N-methyl/N-ethyl adjacent to an activating group) is 1. The first-order chi connectivity index (χ1) is 9.55. The predicted octanol–water partition coefficient (Wildman–Crippen LogP) is 3.23. The van der Waals surface area contributed by atoms with E-state index in [0.717, 1.165) is 27.7 Å². The zero-order valence-corrected chi connectivity index (χ0v) is 14.1. The summed E-state index contributed by atoms with van der Waals surface area (Å²) < 4.78 is 16.1. The highest BCUT2D eigenvalue weighted by Gasteiger charge is 2.16. The van der Waals surface area contributed by atoms with E-state index in [4.69, 9.17) is 0 Å². The Balaban J connectivity index is 2.26. The first-order valence-corrected chi connectivity index (χ1v) is 7.77. The van der Waals surface area contributed by atoms with Crippen LogP contribution in [0.4, 0.5) is 4.39 Å². The van der Waals surface area contributed by atoms with E-state index in [1.54, 1.807) is 6.07 Å². The minimum atomic E-state index is -0.193. The van der Waals surface area contributed by atoms with Crippen molar-refractivity contribution in [2.24, 2.45) is 7.05 Å². The minimum Gasteiger partial charge on any atom is -0.313 e. The molecular weight excluding hydrogens is 368 g/mol. The highest BCUT2D eigenvalue weighted by atomic mass is 127. The Bertz CT molecular complexity index is 595. The Morgan fingerprint density at radius 1 is 1.40 bits per heavy atom. The fourth-order valence-corrected chi connectivity index (χ4v) is 3.15. The molecule has 0 amide bonds. The zero-order chi connectivity index (χ0) is 14.7. The van der Waals surface area contributed by atoms with Gasteiger partial charge >= 0.3 is 0 Å². The van der Waals surface area contributed by atoms with Crippen LogP contribution in [0.5, 0.6) is 0 Å². The maximum atomic E-state index is 13.2. The lowest BCUT2D eigenvalue weighted by Crippen LogP contribution is -2.21. The van der Waals surface area contributed by atoms with Crippen molar-refractivity contribution in [3.8, 4) is 0 Å². The second-order valence-corrected chi connectivity index (χ2v) is 5.98. The maximum Gasteiger partial charge on any atom is 0.124 e. The molecule has 0 saturated heterocycles. The highest BCUT2D eigenvalue weighted by Crippen LogP contribution is 2.24. The van der Waals surface area contributed by atoms with Crippen molar-refractivity contribution in [2.45, 2.75) is 25.8 Å². The summed E-state index contributed by atoms with van der Waals surface area (Å²) in [6.45, 7) is 2.10. The van der Waals surface area contributed by atoms with E-state index in [-0.39, 0.29) is 11.9 Å². The van der Waals surface area contributed by atoms with Gasteiger partial charge in [0.05, 0.1) is 5.69 Å². The Kier molecular flexibility index (Phi) is 5.15. The summed E-state index contributed by atoms with van der Waals surface area (Å²) in [6, 6.07) is 7.24. The van der Waals surface area contributed by atoms with Crippen LogP contribution in [0.2, 0.25) is 0 Å². The van der Waals surface area contributed by atoms with Crippen molar-refractivity contribution >= 4 is 22.6 Å². The maximum absolute atomic E-state index is 13.2. The van der Waals surface area contributed by atoms with Crippen molar-refractivity contribution < 1.29 is 4.39 Å². The average Bonchev–Trinajstić information content (AvgIpc) is 2.77. The van der Waals surface area contributed by atoms with Crippen LogP contribution < -0.4 is 5.32 Å². The molecule has 5 heteroatoms. The topological polar surface area (TPSA) is 29.9 Å². The monoisotopic (exact) mass is 387 g/mol. The van der Waals surface area contributed by atoms with Gasteiger partial charge in [0.2, 0.25) is 0 Å². The standard InChI is InChI=1S/C15H19FIN3/c1-4-11-8-12(20(3)19-11)9-15(18-2)13-6-5-10(16)7-14(13)17/h5-8,15,18H,4,9H2,1-3H3. The van der Waals surface area contributed by atoms with Crippen LogP contribution in [0.25, 0.3) is 0 Å². The minimum absolute atomic E-state index is 0.155. The Hall–Kier alpha value is -0.950. The summed E-state index contributed by atoms with van der Waals surface area (Å²) in [5, 5.41) is 7.79. The van der Waals surface area contributed by atoms with Gasteiger partial charge in [-0.1, -0.05) is 13.0 Å². The van der Waals surface area contributed by atoms with E-state index in [1.807, 2.05) is 24.8 Å². The lowest BCUT2D eigenvalue weighted by Gasteiger charge is -2.18. The van der Waals surface area contributed by atoms with Crippen LogP contribution in [0.1, 0.15) is 29.9 Å². The second-order valence-electron chi connectivity index (χ2n) is 4.82. The van der Waals surface area contributed by atoms with E-state index in [9.17, 15) is 4.39 Å². The van der Waals surface area contributed by atoms with Gasteiger partial charge < -0.3 is 5.32 Å². The normalized spacial score (nSPS) is 12.7. The fourth-order valence-electron chi connectivity index (χ4n) is 2.30. The zero-order valence-electron chi connectivity index (χ0n) is 12.0. The van der Waals surface area contributed by atoms with Crippen LogP contribution in [0.15, 0.2) is 24.3 Å². The number of hydrogen-bond donors (Lipinski definition) is 1. The number of benzene rings is 1. The molecule has 0 aliphatic heterocycles. The molecule has 1 unspecified atom stereocenters. The third kappa shape index (κ3) is 3.38. The molecule has 0 aliphatic rings. The molecule has 1 atom stereocenters. The van der Waals surface area contributed by atoms with Crippen molar-refractivity contribution in [3.05, 3.63) is 50.6 Å². The quantitative estimate of drug-likeness (QED) is 0.799. The van der Waals surface area contributed by atoms with Gasteiger partial charge in [-0.05, 0) is 59.8 Å². The van der Waals surface area contributed by atoms with E-state index in [0.29, 0.717) is 0 Å². The SMILES string of the molecule is CCc1cc(CC(NC)c2ccc(F)cc2I)n(C)n1. The van der Waals surface area contributed by atoms with Crippen LogP contribution in [0, 0.1) is 9.39 Å². The molecule has 1 heterocycles. The van der Waals surface area contributed by atoms with Gasteiger partial charge in [-0.2, -0.15) is 5.10 Å². The average molecular weight is 387 g/mol. The molecular formula is C15H19FIN3. The van der Waals surface area contributed by atoms with Gasteiger partial charge in [0.1, 0.15) is 5.82 Å². The molecule has 20 heavy (non-hydrogen) atoms. The molecule has 0 fully saturated rings. The van der Waals surface area contributed by atoms with E-state index < -0.39 is 0 Å². The molecule has 0 radical (unpaired) electrons. The van der Waals surface area contributed by atoms with Crippen LogP contribution >= 0.6 is 22.6 Å². The number of rotatable bonds is 5. The van der Waals surface area contributed by atoms with Gasteiger partial charge in [-0.15, -0.1) is 0 Å². The lowest BCUT2D eigenvalue weighted by molar-refractivity contribution is 0.556. The molecule has 2 rings (SSSR count). The van der Waals surface area contributed by atoms with Crippen LogP contribution in [-0.2, 0) is 19.9 Å². The molecule has 1 aromatic heterocycles. The fraction of sp³-hybridized carbons (Fsp3) is 0.400. The summed E-state index contributed by atoms with van der Waals surface area (Å²) in [7, 11) is 3.90.